The number of hydrogen-bond donors (Lipinski definition) is 2. The zero-order valence-corrected chi connectivity index (χ0v) is 27.8. The highest BCUT2D eigenvalue weighted by Crippen LogP contribution is 2.63. The number of hydrogen-bond acceptors (Lipinski definition) is 6. The number of allylic oxidation sites excluding steroid dienone is 2. The van der Waals surface area contributed by atoms with E-state index in [1.165, 1.54) is 39.7 Å². The van der Waals surface area contributed by atoms with Crippen molar-refractivity contribution in [3.63, 3.8) is 0 Å². The maximum absolute atomic E-state index is 15.1. The topological polar surface area (TPSA) is 119 Å². The van der Waals surface area contributed by atoms with Crippen LogP contribution in [0, 0.1) is 11.7 Å². The minimum Gasteiger partial charge on any atom is -0.508 e. The average Bonchev–Trinajstić information content (AvgIpc) is 3.48. The van der Waals surface area contributed by atoms with Gasteiger partial charge in [0.25, 0.3) is 11.8 Å². The van der Waals surface area contributed by atoms with Crippen molar-refractivity contribution in [3.8, 4) is 11.4 Å². The molecule has 49 heavy (non-hydrogen) atoms. The highest BCUT2D eigenvalue weighted by molar-refractivity contribution is 9.10. The molecule has 1 saturated heterocycles. The van der Waals surface area contributed by atoms with Gasteiger partial charge < -0.3 is 5.11 Å². The van der Waals surface area contributed by atoms with Crippen molar-refractivity contribution < 1.29 is 19.1 Å². The van der Waals surface area contributed by atoms with E-state index >= 15 is 4.79 Å². The van der Waals surface area contributed by atoms with Crippen LogP contribution in [0.15, 0.2) is 123 Å². The first-order valence-corrected chi connectivity index (χ1v) is 16.6. The number of phenolic OH excluding ortho intramolecular Hbond substituents is 1. The summed E-state index contributed by atoms with van der Waals surface area (Å²) >= 11 is 9.84. The van der Waals surface area contributed by atoms with Crippen molar-refractivity contribution in [2.24, 2.45) is 5.92 Å². The number of carbonyl (C=O) groups excluding carboxylic acids is 2. The second-order valence-electron chi connectivity index (χ2n) is 12.3. The Hall–Kier alpha value is -5.20. The summed E-state index contributed by atoms with van der Waals surface area (Å²) in [6.45, 7) is 0.00600. The molecule has 1 aliphatic carbocycles. The molecule has 2 fully saturated rings. The molecule has 0 bridgehead atoms. The predicted molar refractivity (Wildman–Crippen MR) is 183 cm³/mol. The van der Waals surface area contributed by atoms with Gasteiger partial charge in [-0.1, -0.05) is 63.9 Å². The summed E-state index contributed by atoms with van der Waals surface area (Å²) in [5.41, 5.74) is 2.23. The van der Waals surface area contributed by atoms with E-state index < -0.39 is 52.3 Å². The Labute approximate surface area is 291 Å². The van der Waals surface area contributed by atoms with Crippen molar-refractivity contribution in [1.29, 1.82) is 0 Å². The second kappa shape index (κ2) is 11.5. The van der Waals surface area contributed by atoms with Crippen molar-refractivity contribution in [3.05, 3.63) is 156 Å². The largest absolute Gasteiger partial charge is 0.508 e. The number of benzene rings is 4. The summed E-state index contributed by atoms with van der Waals surface area (Å²) in [4.78, 5) is 57.7. The van der Waals surface area contributed by atoms with Crippen LogP contribution in [0.5, 0.6) is 5.75 Å². The quantitative estimate of drug-likeness (QED) is 0.177. The number of para-hydroxylation sites is 1. The predicted octanol–water partition coefficient (Wildman–Crippen LogP) is 5.68. The maximum atomic E-state index is 15.1. The van der Waals surface area contributed by atoms with Crippen molar-refractivity contribution in [1.82, 2.24) is 18.9 Å². The summed E-state index contributed by atoms with van der Waals surface area (Å²) < 4.78 is 18.2. The van der Waals surface area contributed by atoms with Crippen molar-refractivity contribution in [2.75, 3.05) is 5.43 Å². The Bertz CT molecular complexity index is 2320. The Morgan fingerprint density at radius 2 is 1.61 bits per heavy atom. The Balaban J connectivity index is 1.39. The van der Waals surface area contributed by atoms with Gasteiger partial charge in [-0.05, 0) is 84.3 Å². The molecule has 1 aromatic heterocycles. The highest BCUT2D eigenvalue weighted by Gasteiger charge is 2.69. The molecule has 2 amide bonds. The average molecular weight is 743 g/mol. The lowest BCUT2D eigenvalue weighted by Gasteiger charge is -2.49. The van der Waals surface area contributed by atoms with Gasteiger partial charge in [0.15, 0.2) is 0 Å². The first-order valence-electron chi connectivity index (χ1n) is 15.5. The number of aromatic nitrogens is 3. The first-order chi connectivity index (χ1) is 23.6. The van der Waals surface area contributed by atoms with Crippen molar-refractivity contribution >= 4 is 45.0 Å². The number of aromatic hydroxyl groups is 1. The van der Waals surface area contributed by atoms with Crippen LogP contribution in [0.3, 0.4) is 0 Å². The normalized spacial score (nSPS) is 22.7. The molecule has 4 atom stereocenters. The minimum atomic E-state index is -1.64. The number of nitrogens with one attached hydrogen (secondary N) is 1. The zero-order valence-electron chi connectivity index (χ0n) is 25.5. The fourth-order valence-corrected chi connectivity index (χ4v) is 8.32. The van der Waals surface area contributed by atoms with E-state index in [9.17, 15) is 23.9 Å². The molecule has 2 aliphatic heterocycles. The highest BCUT2D eigenvalue weighted by atomic mass is 79.9. The number of imide groups is 1. The van der Waals surface area contributed by atoms with E-state index in [-0.39, 0.29) is 18.7 Å². The van der Waals surface area contributed by atoms with Crippen LogP contribution in [0.1, 0.15) is 29.5 Å². The molecule has 4 unspecified atom stereocenters. The van der Waals surface area contributed by atoms with Gasteiger partial charge in [0, 0.05) is 21.0 Å². The monoisotopic (exact) mass is 741 g/mol. The van der Waals surface area contributed by atoms with Gasteiger partial charge in [0.2, 0.25) is 0 Å². The van der Waals surface area contributed by atoms with Crippen LogP contribution in [0.4, 0.5) is 10.1 Å². The third kappa shape index (κ3) is 4.57. The van der Waals surface area contributed by atoms with Gasteiger partial charge in [-0.25, -0.2) is 27.9 Å². The molecule has 13 heteroatoms. The summed E-state index contributed by atoms with van der Waals surface area (Å²) in [6.07, 6.45) is 1.79. The minimum absolute atomic E-state index is 0.00600. The third-order valence-corrected chi connectivity index (χ3v) is 10.6. The third-order valence-electron chi connectivity index (χ3n) is 9.83. The van der Waals surface area contributed by atoms with E-state index in [4.69, 9.17) is 11.6 Å². The fraction of sp³-hybridized carbons (Fsp3) is 0.167. The van der Waals surface area contributed by atoms with Crippen LogP contribution < -0.4 is 16.8 Å². The molecule has 2 N–H and O–H groups in total. The molecule has 3 heterocycles. The van der Waals surface area contributed by atoms with Crippen LogP contribution in [-0.4, -0.2) is 35.9 Å². The van der Waals surface area contributed by atoms with Gasteiger partial charge in [-0.15, -0.1) is 0 Å². The number of nitrogens with zero attached hydrogens (tertiary/aromatic N) is 4. The van der Waals surface area contributed by atoms with Gasteiger partial charge in [-0.3, -0.25) is 15.0 Å². The molecule has 0 spiro atoms. The molecule has 0 radical (unpaired) electrons. The fourth-order valence-electron chi connectivity index (χ4n) is 7.82. The number of halogens is 3. The summed E-state index contributed by atoms with van der Waals surface area (Å²) in [5, 5.41) is 12.8. The Morgan fingerprint density at radius 1 is 0.898 bits per heavy atom. The second-order valence-corrected chi connectivity index (χ2v) is 13.6. The Kier molecular flexibility index (Phi) is 7.27. The summed E-state index contributed by atoms with van der Waals surface area (Å²) in [5.74, 6) is -3.87. The van der Waals surface area contributed by atoms with Crippen LogP contribution in [-0.2, 0) is 21.5 Å². The summed E-state index contributed by atoms with van der Waals surface area (Å²) in [7, 11) is 0. The number of fused-ring (bicyclic) bond motifs is 4. The van der Waals surface area contributed by atoms with Gasteiger partial charge in [-0.2, -0.15) is 5.01 Å². The standard InChI is InChI=1S/C36H26BrClFN5O5/c37-21-8-15-30(45)27(18-21)31-26-16-17-41-34(48)42(25-4-2-1-3-5-25)35(49)44(41)29(26)19-28-32(46)43(40-24-13-11-23(39)12-14-24)33(47)36(28,31)20-6-9-22(38)10-7-20/h1-16,18,28-29,31,40,45H,17,19H2. The van der Waals surface area contributed by atoms with Gasteiger partial charge in [0.1, 0.15) is 11.6 Å². The van der Waals surface area contributed by atoms with E-state index in [1.807, 2.05) is 6.08 Å². The van der Waals surface area contributed by atoms with Crippen LogP contribution in [0.25, 0.3) is 5.69 Å². The van der Waals surface area contributed by atoms with E-state index in [1.54, 1.807) is 66.7 Å². The first kappa shape index (κ1) is 31.1. The zero-order chi connectivity index (χ0) is 34.2. The lowest BCUT2D eigenvalue weighted by Crippen LogP contribution is -2.53. The van der Waals surface area contributed by atoms with Gasteiger partial charge >= 0.3 is 11.4 Å². The number of rotatable bonds is 5. The molecule has 246 valence electrons. The van der Waals surface area contributed by atoms with Crippen molar-refractivity contribution in [2.45, 2.75) is 30.3 Å². The number of phenols is 1. The molecule has 4 aromatic carbocycles. The van der Waals surface area contributed by atoms with Gasteiger partial charge in [0.05, 0.1) is 35.3 Å². The number of amides is 2. The SMILES string of the molecule is O=C1C2CC3C(=CCn4c(=O)n(-c5ccccc5)c(=O)n43)C(c3cc(Br)ccc3O)C2(c2ccc(Cl)cc2)C(=O)N1Nc1ccc(F)cc1. The molecule has 8 rings (SSSR count). The smallest absolute Gasteiger partial charge is 0.352 e. The van der Waals surface area contributed by atoms with E-state index in [0.29, 0.717) is 37.6 Å². The number of anilines is 1. The van der Waals surface area contributed by atoms with E-state index in [0.717, 1.165) is 9.58 Å². The lowest BCUT2D eigenvalue weighted by atomic mass is 9.53. The van der Waals surface area contributed by atoms with E-state index in [2.05, 4.69) is 21.4 Å². The molecule has 5 aromatic rings. The number of carbonyl (C=O) groups is 2. The molecule has 3 aliphatic rings. The lowest BCUT2D eigenvalue weighted by molar-refractivity contribution is -0.138. The maximum Gasteiger partial charge on any atom is 0.352 e. The number of hydrazine groups is 1. The summed E-state index contributed by atoms with van der Waals surface area (Å²) in [6, 6.07) is 24.5. The molecular formula is C36H26BrClFN5O5. The molecule has 10 nitrogen and oxygen atoms in total. The molecular weight excluding hydrogens is 717 g/mol. The van der Waals surface area contributed by atoms with Crippen LogP contribution in [0.2, 0.25) is 5.02 Å². The Morgan fingerprint density at radius 3 is 2.33 bits per heavy atom. The molecule has 1 saturated carbocycles. The van der Waals surface area contributed by atoms with Crippen LogP contribution >= 0.6 is 27.5 Å².